The summed E-state index contributed by atoms with van der Waals surface area (Å²) < 4.78 is 5.45. The van der Waals surface area contributed by atoms with Crippen LogP contribution < -0.4 is 9.64 Å². The maximum atomic E-state index is 13.7. The summed E-state index contributed by atoms with van der Waals surface area (Å²) in [6.45, 7) is 0. The van der Waals surface area contributed by atoms with E-state index in [2.05, 4.69) is 24.3 Å². The van der Waals surface area contributed by atoms with Crippen molar-refractivity contribution in [1.29, 1.82) is 0 Å². The second-order valence-electron chi connectivity index (χ2n) is 7.95. The number of carbonyl (C=O) groups excluding carboxylic acids is 2. The molecule has 29 heavy (non-hydrogen) atoms. The van der Waals surface area contributed by atoms with Gasteiger partial charge in [-0.2, -0.15) is 0 Å². The lowest BCUT2D eigenvalue weighted by atomic mass is 9.55. The zero-order valence-electron chi connectivity index (χ0n) is 15.9. The van der Waals surface area contributed by atoms with Crippen LogP contribution in [0.3, 0.4) is 0 Å². The van der Waals surface area contributed by atoms with Gasteiger partial charge in [0.15, 0.2) is 0 Å². The molecule has 3 aliphatic carbocycles. The lowest BCUT2D eigenvalue weighted by Gasteiger charge is -2.45. The summed E-state index contributed by atoms with van der Waals surface area (Å²) in [4.78, 5) is 28.7. The molecule has 4 heteroatoms. The minimum Gasteiger partial charge on any atom is -0.495 e. The van der Waals surface area contributed by atoms with E-state index in [1.54, 1.807) is 19.2 Å². The zero-order chi connectivity index (χ0) is 19.7. The number of carbonyl (C=O) groups is 2. The summed E-state index contributed by atoms with van der Waals surface area (Å²) in [6, 6.07) is 23.8. The molecule has 0 radical (unpaired) electrons. The molecule has 0 spiro atoms. The van der Waals surface area contributed by atoms with Gasteiger partial charge in [0.05, 0.1) is 24.6 Å². The monoisotopic (exact) mass is 381 g/mol. The Morgan fingerprint density at radius 1 is 0.655 bits per heavy atom. The van der Waals surface area contributed by atoms with Crippen LogP contribution in [0.1, 0.15) is 34.1 Å². The van der Waals surface area contributed by atoms with Crippen molar-refractivity contribution in [3.63, 3.8) is 0 Å². The first-order chi connectivity index (χ1) is 14.2. The summed E-state index contributed by atoms with van der Waals surface area (Å²) in [6.07, 6.45) is 0. The number of imide groups is 1. The first-order valence-corrected chi connectivity index (χ1v) is 9.91. The van der Waals surface area contributed by atoms with E-state index >= 15 is 0 Å². The second-order valence-corrected chi connectivity index (χ2v) is 7.95. The minimum absolute atomic E-state index is 0.0893. The van der Waals surface area contributed by atoms with E-state index in [-0.39, 0.29) is 35.5 Å². The molecule has 2 bridgehead atoms. The number of ether oxygens (including phenoxy) is 1. The molecule has 0 saturated carbocycles. The van der Waals surface area contributed by atoms with Crippen molar-refractivity contribution >= 4 is 17.5 Å². The number of nitrogens with zero attached hydrogens (tertiary/aromatic N) is 1. The van der Waals surface area contributed by atoms with E-state index in [4.69, 9.17) is 4.74 Å². The van der Waals surface area contributed by atoms with Crippen molar-refractivity contribution in [1.82, 2.24) is 0 Å². The molecule has 1 saturated heterocycles. The molecule has 2 unspecified atom stereocenters. The van der Waals surface area contributed by atoms with Crippen molar-refractivity contribution in [3.05, 3.63) is 95.1 Å². The van der Waals surface area contributed by atoms with Gasteiger partial charge >= 0.3 is 0 Å². The minimum atomic E-state index is -0.373. The Morgan fingerprint density at radius 2 is 1.07 bits per heavy atom. The largest absolute Gasteiger partial charge is 0.495 e. The van der Waals surface area contributed by atoms with Crippen molar-refractivity contribution in [2.45, 2.75) is 11.8 Å². The third kappa shape index (κ3) is 1.98. The van der Waals surface area contributed by atoms with Gasteiger partial charge in [-0.05, 0) is 34.4 Å². The number of amides is 2. The van der Waals surface area contributed by atoms with Crippen molar-refractivity contribution in [2.75, 3.05) is 12.0 Å². The van der Waals surface area contributed by atoms with Gasteiger partial charge in [0.25, 0.3) is 0 Å². The average molecular weight is 381 g/mol. The van der Waals surface area contributed by atoms with Crippen LogP contribution in [-0.4, -0.2) is 18.9 Å². The molecule has 3 aromatic rings. The van der Waals surface area contributed by atoms with Gasteiger partial charge in [0, 0.05) is 11.8 Å². The van der Waals surface area contributed by atoms with E-state index in [0.29, 0.717) is 11.4 Å². The number of hydrogen-bond acceptors (Lipinski definition) is 3. The maximum absolute atomic E-state index is 13.7. The van der Waals surface area contributed by atoms with Gasteiger partial charge in [-0.25, -0.2) is 4.90 Å². The van der Waals surface area contributed by atoms with Gasteiger partial charge in [-0.15, -0.1) is 0 Å². The molecule has 1 aliphatic heterocycles. The van der Waals surface area contributed by atoms with Crippen LogP contribution in [0.5, 0.6) is 5.75 Å². The van der Waals surface area contributed by atoms with E-state index < -0.39 is 0 Å². The van der Waals surface area contributed by atoms with Gasteiger partial charge < -0.3 is 4.74 Å². The summed E-state index contributed by atoms with van der Waals surface area (Å²) in [5.41, 5.74) is 5.26. The van der Waals surface area contributed by atoms with Gasteiger partial charge in [0.1, 0.15) is 5.75 Å². The fraction of sp³-hybridized carbons (Fsp3) is 0.200. The summed E-state index contributed by atoms with van der Waals surface area (Å²) in [5, 5.41) is 0. The fourth-order valence-corrected chi connectivity index (χ4v) is 5.73. The second kappa shape index (κ2) is 5.80. The van der Waals surface area contributed by atoms with Crippen LogP contribution in [0, 0.1) is 11.8 Å². The molecule has 1 heterocycles. The van der Waals surface area contributed by atoms with Gasteiger partial charge in [-0.3, -0.25) is 9.59 Å². The lowest BCUT2D eigenvalue weighted by molar-refractivity contribution is -0.122. The van der Waals surface area contributed by atoms with Crippen LogP contribution >= 0.6 is 0 Å². The molecule has 2 atom stereocenters. The predicted molar refractivity (Wildman–Crippen MR) is 109 cm³/mol. The molecule has 7 rings (SSSR count). The fourth-order valence-electron chi connectivity index (χ4n) is 5.73. The van der Waals surface area contributed by atoms with Crippen molar-refractivity contribution < 1.29 is 14.3 Å². The highest BCUT2D eigenvalue weighted by molar-refractivity contribution is 6.24. The van der Waals surface area contributed by atoms with E-state index in [1.807, 2.05) is 36.4 Å². The molecular formula is C25H19NO3. The zero-order valence-corrected chi connectivity index (χ0v) is 15.9. The lowest BCUT2D eigenvalue weighted by Crippen LogP contribution is -2.41. The Balaban J connectivity index is 1.58. The number of rotatable bonds is 2. The molecule has 3 aromatic carbocycles. The molecule has 1 fully saturated rings. The Hall–Kier alpha value is -3.40. The van der Waals surface area contributed by atoms with Crippen LogP contribution in [-0.2, 0) is 9.59 Å². The topological polar surface area (TPSA) is 46.6 Å². The molecule has 4 aliphatic rings. The number of benzene rings is 3. The van der Waals surface area contributed by atoms with Crippen LogP contribution in [0.15, 0.2) is 72.8 Å². The summed E-state index contributed by atoms with van der Waals surface area (Å²) in [5.74, 6) is -0.631. The van der Waals surface area contributed by atoms with Crippen LogP contribution in [0.2, 0.25) is 0 Å². The highest BCUT2D eigenvalue weighted by Gasteiger charge is 2.62. The first kappa shape index (κ1) is 16.5. The summed E-state index contributed by atoms with van der Waals surface area (Å²) >= 11 is 0. The number of hydrogen-bond donors (Lipinski definition) is 0. The number of para-hydroxylation sites is 2. The van der Waals surface area contributed by atoms with E-state index in [0.717, 1.165) is 0 Å². The Bertz CT molecular complexity index is 1070. The normalized spacial score (nSPS) is 26.2. The molecule has 4 nitrogen and oxygen atoms in total. The van der Waals surface area contributed by atoms with E-state index in [9.17, 15) is 9.59 Å². The smallest absolute Gasteiger partial charge is 0.238 e. The SMILES string of the molecule is COc1ccccc1N1C(=O)C2C3c4ccccc4C(c4ccccc43)C2C1=O. The predicted octanol–water partition coefficient (Wildman–Crippen LogP) is 4.09. The van der Waals surface area contributed by atoms with Crippen LogP contribution in [0.25, 0.3) is 0 Å². The average Bonchev–Trinajstić information content (AvgIpc) is 3.04. The maximum Gasteiger partial charge on any atom is 0.238 e. The Labute approximate surface area is 168 Å². The van der Waals surface area contributed by atoms with Gasteiger partial charge in [0.2, 0.25) is 11.8 Å². The van der Waals surface area contributed by atoms with Crippen LogP contribution in [0.4, 0.5) is 5.69 Å². The Kier molecular flexibility index (Phi) is 3.31. The molecule has 2 amide bonds. The molecule has 0 aromatic heterocycles. The van der Waals surface area contributed by atoms with Crippen molar-refractivity contribution in [3.8, 4) is 5.75 Å². The third-order valence-electron chi connectivity index (χ3n) is 6.77. The third-order valence-corrected chi connectivity index (χ3v) is 6.77. The summed E-state index contributed by atoms with van der Waals surface area (Å²) in [7, 11) is 1.56. The number of anilines is 1. The molecular weight excluding hydrogens is 362 g/mol. The molecule has 0 N–H and O–H groups in total. The van der Waals surface area contributed by atoms with E-state index in [1.165, 1.54) is 27.2 Å². The Morgan fingerprint density at radius 3 is 1.52 bits per heavy atom. The quantitative estimate of drug-likeness (QED) is 0.628. The van der Waals surface area contributed by atoms with Crippen molar-refractivity contribution in [2.24, 2.45) is 11.8 Å². The highest BCUT2D eigenvalue weighted by Crippen LogP contribution is 2.61. The first-order valence-electron chi connectivity index (χ1n) is 9.91. The van der Waals surface area contributed by atoms with Gasteiger partial charge in [-0.1, -0.05) is 60.7 Å². The molecule has 142 valence electrons. The standard InChI is InChI=1S/C25H19NO3/c1-29-19-13-7-6-12-18(19)26-24(27)22-20-14-8-2-3-9-15(14)21(23(22)25(26)28)17-11-5-4-10-16(17)20/h2-13,20-23H,1H3. The highest BCUT2D eigenvalue weighted by atomic mass is 16.5. The number of methoxy groups -OCH3 is 1.